The van der Waals surface area contributed by atoms with E-state index in [4.69, 9.17) is 0 Å². The van der Waals surface area contributed by atoms with Crippen LogP contribution < -0.4 is 5.32 Å². The van der Waals surface area contributed by atoms with E-state index in [1.807, 2.05) is 41.2 Å². The monoisotopic (exact) mass is 332 g/mol. The van der Waals surface area contributed by atoms with Gasteiger partial charge in [-0.25, -0.2) is 4.68 Å². The molecule has 0 saturated carbocycles. The molecule has 2 aromatic heterocycles. The van der Waals surface area contributed by atoms with Gasteiger partial charge in [0.15, 0.2) is 0 Å². The van der Waals surface area contributed by atoms with Crippen molar-refractivity contribution in [1.82, 2.24) is 30.5 Å². The number of nitrogens with zero attached hydrogens (tertiary/aromatic N) is 4. The predicted molar refractivity (Wildman–Crippen MR) is 93.5 cm³/mol. The summed E-state index contributed by atoms with van der Waals surface area (Å²) < 4.78 is 1.81. The number of hydrogen-bond acceptors (Lipinski definition) is 4. The fraction of sp³-hybridized carbons (Fsp3) is 0.111. The first-order chi connectivity index (χ1) is 12.3. The van der Waals surface area contributed by atoms with E-state index in [-0.39, 0.29) is 5.91 Å². The molecule has 7 nitrogen and oxygen atoms in total. The number of benzene rings is 2. The summed E-state index contributed by atoms with van der Waals surface area (Å²) in [6, 6.07) is 15.3. The fourth-order valence-corrected chi connectivity index (χ4v) is 2.64. The lowest BCUT2D eigenvalue weighted by Gasteiger charge is -2.07. The lowest BCUT2D eigenvalue weighted by Crippen LogP contribution is -2.25. The Morgan fingerprint density at radius 3 is 2.72 bits per heavy atom. The van der Waals surface area contributed by atoms with Crippen LogP contribution in [0.3, 0.4) is 0 Å². The van der Waals surface area contributed by atoms with Gasteiger partial charge in [-0.05, 0) is 48.4 Å². The Bertz CT molecular complexity index is 988. The highest BCUT2D eigenvalue weighted by Gasteiger charge is 2.07. The summed E-state index contributed by atoms with van der Waals surface area (Å²) in [5, 5.41) is 17.6. The van der Waals surface area contributed by atoms with Crippen molar-refractivity contribution < 1.29 is 4.79 Å². The van der Waals surface area contributed by atoms with Crippen LogP contribution in [0.1, 0.15) is 15.9 Å². The minimum absolute atomic E-state index is 0.113. The average molecular weight is 332 g/mol. The number of fused-ring (bicyclic) bond motifs is 1. The molecule has 0 spiro atoms. The van der Waals surface area contributed by atoms with Crippen LogP contribution in [0.2, 0.25) is 0 Å². The highest BCUT2D eigenvalue weighted by Crippen LogP contribution is 2.11. The molecule has 0 saturated heterocycles. The van der Waals surface area contributed by atoms with Crippen LogP contribution in [0.25, 0.3) is 16.7 Å². The van der Waals surface area contributed by atoms with Crippen molar-refractivity contribution in [3.63, 3.8) is 0 Å². The number of hydrogen-bond donors (Lipinski definition) is 2. The molecule has 2 aromatic carbocycles. The van der Waals surface area contributed by atoms with Crippen LogP contribution in [0.5, 0.6) is 0 Å². The van der Waals surface area contributed by atoms with Crippen LogP contribution in [-0.4, -0.2) is 37.6 Å². The molecule has 0 fully saturated rings. The Hall–Kier alpha value is -3.48. The molecule has 4 rings (SSSR count). The molecule has 7 heteroatoms. The van der Waals surface area contributed by atoms with Crippen molar-refractivity contribution >= 4 is 16.9 Å². The van der Waals surface area contributed by atoms with Gasteiger partial charge in [-0.1, -0.05) is 12.1 Å². The first-order valence-corrected chi connectivity index (χ1v) is 7.97. The maximum Gasteiger partial charge on any atom is 0.251 e. The van der Waals surface area contributed by atoms with Crippen molar-refractivity contribution in [3.8, 4) is 5.69 Å². The molecule has 0 aliphatic heterocycles. The van der Waals surface area contributed by atoms with Gasteiger partial charge in [0.2, 0.25) is 0 Å². The van der Waals surface area contributed by atoms with Gasteiger partial charge in [0.25, 0.3) is 5.91 Å². The highest BCUT2D eigenvalue weighted by molar-refractivity contribution is 5.97. The van der Waals surface area contributed by atoms with Gasteiger partial charge in [0.1, 0.15) is 11.0 Å². The first kappa shape index (κ1) is 15.1. The Morgan fingerprint density at radius 1 is 1.08 bits per heavy atom. The molecular formula is C18H16N6O. The normalized spacial score (nSPS) is 10.9. The summed E-state index contributed by atoms with van der Waals surface area (Å²) in [4.78, 5) is 12.2. The molecule has 0 unspecified atom stereocenters. The second-order valence-electron chi connectivity index (χ2n) is 5.65. The smallest absolute Gasteiger partial charge is 0.251 e. The lowest BCUT2D eigenvalue weighted by atomic mass is 10.1. The average Bonchev–Trinajstić information content (AvgIpc) is 3.33. The summed E-state index contributed by atoms with van der Waals surface area (Å²) in [7, 11) is 0. The second kappa shape index (κ2) is 6.56. The van der Waals surface area contributed by atoms with E-state index in [2.05, 4.69) is 25.8 Å². The Kier molecular flexibility index (Phi) is 3.96. The van der Waals surface area contributed by atoms with E-state index >= 15 is 0 Å². The zero-order valence-electron chi connectivity index (χ0n) is 13.4. The molecule has 25 heavy (non-hydrogen) atoms. The molecule has 0 atom stereocenters. The third-order valence-corrected chi connectivity index (χ3v) is 3.98. The van der Waals surface area contributed by atoms with E-state index < -0.39 is 0 Å². The zero-order valence-corrected chi connectivity index (χ0v) is 13.4. The maximum absolute atomic E-state index is 12.2. The molecular weight excluding hydrogens is 316 g/mol. The lowest BCUT2D eigenvalue weighted by molar-refractivity contribution is 0.0954. The fourth-order valence-electron chi connectivity index (χ4n) is 2.64. The number of carbonyl (C=O) groups excluding carboxylic acids is 1. The van der Waals surface area contributed by atoms with E-state index in [0.29, 0.717) is 17.6 Å². The largest absolute Gasteiger partial charge is 0.352 e. The number of carbonyl (C=O) groups is 1. The second-order valence-corrected chi connectivity index (χ2v) is 5.65. The van der Waals surface area contributed by atoms with Crippen LogP contribution in [-0.2, 0) is 6.42 Å². The minimum Gasteiger partial charge on any atom is -0.352 e. The third-order valence-electron chi connectivity index (χ3n) is 3.98. The topological polar surface area (TPSA) is 88.5 Å². The quantitative estimate of drug-likeness (QED) is 0.586. The van der Waals surface area contributed by atoms with Crippen molar-refractivity contribution in [1.29, 1.82) is 0 Å². The van der Waals surface area contributed by atoms with Crippen LogP contribution >= 0.6 is 0 Å². The molecule has 4 aromatic rings. The van der Waals surface area contributed by atoms with Crippen molar-refractivity contribution in [3.05, 3.63) is 72.1 Å². The molecule has 0 aliphatic carbocycles. The Balaban J connectivity index is 1.34. The summed E-state index contributed by atoms with van der Waals surface area (Å²) in [6.07, 6.45) is 4.41. The minimum atomic E-state index is -0.113. The van der Waals surface area contributed by atoms with Crippen molar-refractivity contribution in [2.75, 3.05) is 6.54 Å². The van der Waals surface area contributed by atoms with Gasteiger partial charge in [-0.3, -0.25) is 4.79 Å². The van der Waals surface area contributed by atoms with Gasteiger partial charge in [0.05, 0.1) is 5.69 Å². The number of aromatic amines is 1. The number of rotatable bonds is 5. The van der Waals surface area contributed by atoms with Gasteiger partial charge < -0.3 is 5.32 Å². The number of H-pyrrole nitrogens is 1. The molecule has 2 heterocycles. The van der Waals surface area contributed by atoms with Gasteiger partial charge in [0, 0.05) is 24.5 Å². The van der Waals surface area contributed by atoms with Crippen LogP contribution in [0.4, 0.5) is 0 Å². The van der Waals surface area contributed by atoms with Crippen molar-refractivity contribution in [2.45, 2.75) is 6.42 Å². The molecule has 0 aliphatic rings. The standard InChI is InChI=1S/C18H16N6O/c25-18(14-4-7-16-17(12-14)22-23-21-16)19-10-8-13-2-5-15(6-3-13)24-11-1-9-20-24/h1-7,9,11-12H,8,10H2,(H,19,25)(H,21,22,23). The number of amides is 1. The van der Waals surface area contributed by atoms with Crippen LogP contribution in [0.15, 0.2) is 60.9 Å². The van der Waals surface area contributed by atoms with Crippen molar-refractivity contribution in [2.24, 2.45) is 0 Å². The number of aromatic nitrogens is 5. The van der Waals surface area contributed by atoms with Crippen LogP contribution in [0, 0.1) is 0 Å². The predicted octanol–water partition coefficient (Wildman–Crippen LogP) is 2.12. The molecule has 124 valence electrons. The highest BCUT2D eigenvalue weighted by atomic mass is 16.1. The summed E-state index contributed by atoms with van der Waals surface area (Å²) >= 11 is 0. The van der Waals surface area contributed by atoms with Gasteiger partial charge >= 0.3 is 0 Å². The van der Waals surface area contributed by atoms with E-state index in [9.17, 15) is 4.79 Å². The molecule has 0 bridgehead atoms. The van der Waals surface area contributed by atoms with E-state index in [1.54, 1.807) is 24.4 Å². The van der Waals surface area contributed by atoms with Gasteiger partial charge in [-0.2, -0.15) is 20.5 Å². The molecule has 2 N–H and O–H groups in total. The SMILES string of the molecule is O=C(NCCc1ccc(-n2cccn2)cc1)c1ccc2n[nH]nc2c1. The third kappa shape index (κ3) is 3.25. The Morgan fingerprint density at radius 2 is 1.92 bits per heavy atom. The van der Waals surface area contributed by atoms with E-state index in [0.717, 1.165) is 23.2 Å². The van der Waals surface area contributed by atoms with Gasteiger partial charge in [-0.15, -0.1) is 0 Å². The summed E-state index contributed by atoms with van der Waals surface area (Å²) in [5.41, 5.74) is 4.17. The van der Waals surface area contributed by atoms with E-state index in [1.165, 1.54) is 0 Å². The Labute approximate surface area is 143 Å². The number of nitrogens with one attached hydrogen (secondary N) is 2. The molecule has 0 radical (unpaired) electrons. The molecule has 1 amide bonds. The maximum atomic E-state index is 12.2. The summed E-state index contributed by atoms with van der Waals surface area (Å²) in [6.45, 7) is 0.566. The summed E-state index contributed by atoms with van der Waals surface area (Å²) in [5.74, 6) is -0.113. The first-order valence-electron chi connectivity index (χ1n) is 7.97. The zero-order chi connectivity index (χ0) is 17.1.